The second-order valence-electron chi connectivity index (χ2n) is 8.73. The highest BCUT2D eigenvalue weighted by Crippen LogP contribution is 2.29. The molecule has 0 heterocycles. The van der Waals surface area contributed by atoms with E-state index in [4.69, 9.17) is 9.16 Å². The Morgan fingerprint density at radius 3 is 1.94 bits per heavy atom. The van der Waals surface area contributed by atoms with E-state index in [0.29, 0.717) is 6.61 Å². The molecule has 0 N–H and O–H groups in total. The average molecular weight is 433 g/mol. The monoisotopic (exact) mass is 432 g/mol. The smallest absolute Gasteiger partial charge is 0.192 e. The molecule has 3 aromatic rings. The molecule has 0 fully saturated rings. The van der Waals surface area contributed by atoms with Gasteiger partial charge in [0.1, 0.15) is 0 Å². The molecule has 0 unspecified atom stereocenters. The molecule has 0 amide bonds. The highest BCUT2D eigenvalue weighted by molar-refractivity contribution is 6.47. The molecule has 0 saturated carbocycles. The minimum atomic E-state index is -0.804. The van der Waals surface area contributed by atoms with Crippen molar-refractivity contribution in [1.29, 1.82) is 0 Å². The van der Waals surface area contributed by atoms with Crippen LogP contribution in [0, 0.1) is 19.3 Å². The van der Waals surface area contributed by atoms with E-state index in [-0.39, 0.29) is 5.41 Å². The quantitative estimate of drug-likeness (QED) is 0.298. The van der Waals surface area contributed by atoms with E-state index in [1.807, 2.05) is 0 Å². The fourth-order valence-electron chi connectivity index (χ4n) is 4.14. The molecule has 0 spiro atoms. The second kappa shape index (κ2) is 12.0. The Balaban J connectivity index is 1.82. The van der Waals surface area contributed by atoms with Crippen LogP contribution >= 0.6 is 0 Å². The molecule has 3 rings (SSSR count). The van der Waals surface area contributed by atoms with Crippen molar-refractivity contribution in [1.82, 2.24) is 0 Å². The molecular formula is C28H36O2Si. The first-order valence-electron chi connectivity index (χ1n) is 11.4. The zero-order valence-corrected chi connectivity index (χ0v) is 20.7. The van der Waals surface area contributed by atoms with Crippen molar-refractivity contribution in [3.05, 3.63) is 101 Å². The normalized spacial score (nSPS) is 12.0. The van der Waals surface area contributed by atoms with Gasteiger partial charge in [0.2, 0.25) is 0 Å². The van der Waals surface area contributed by atoms with Gasteiger partial charge in [0, 0.05) is 18.6 Å². The molecule has 3 aromatic carbocycles. The molecule has 164 valence electrons. The minimum absolute atomic E-state index is 0.0807. The first-order chi connectivity index (χ1) is 15.1. The molecule has 31 heavy (non-hydrogen) atoms. The summed E-state index contributed by atoms with van der Waals surface area (Å²) in [5.41, 5.74) is 5.33. The molecule has 0 aliphatic carbocycles. The summed E-state index contributed by atoms with van der Waals surface area (Å²) in [5, 5.41) is 1.41. The van der Waals surface area contributed by atoms with Crippen molar-refractivity contribution in [2.24, 2.45) is 5.41 Å². The van der Waals surface area contributed by atoms with Gasteiger partial charge in [-0.2, -0.15) is 0 Å². The van der Waals surface area contributed by atoms with Crippen LogP contribution < -0.4 is 5.19 Å². The van der Waals surface area contributed by atoms with Crippen LogP contribution in [0.3, 0.4) is 0 Å². The molecule has 0 bridgehead atoms. The Bertz CT molecular complexity index is 867. The highest BCUT2D eigenvalue weighted by Gasteiger charge is 2.32. The van der Waals surface area contributed by atoms with Crippen LogP contribution in [-0.4, -0.2) is 29.6 Å². The number of rotatable bonds is 12. The van der Waals surface area contributed by atoms with Crippen LogP contribution in [-0.2, 0) is 22.0 Å². The standard InChI is InChI=1S/C28H36O2Si/c1-4-18-29-21-28(19-25-13-7-5-8-14-25,20-26-15-9-6-10-16-26)22-30-31-27-17-11-12-23(2)24(27)3/h5-17H,4,18-22,31H2,1-3H3. The molecule has 0 saturated heterocycles. The van der Waals surface area contributed by atoms with E-state index in [1.54, 1.807) is 0 Å². The maximum Gasteiger partial charge on any atom is 0.192 e. The third-order valence-electron chi connectivity index (χ3n) is 5.98. The predicted molar refractivity (Wildman–Crippen MR) is 134 cm³/mol. The largest absolute Gasteiger partial charge is 0.418 e. The van der Waals surface area contributed by atoms with E-state index in [9.17, 15) is 0 Å². The van der Waals surface area contributed by atoms with Crippen molar-refractivity contribution in [3.8, 4) is 0 Å². The van der Waals surface area contributed by atoms with Crippen molar-refractivity contribution in [2.45, 2.75) is 40.0 Å². The summed E-state index contributed by atoms with van der Waals surface area (Å²) in [4.78, 5) is 0. The van der Waals surface area contributed by atoms with E-state index >= 15 is 0 Å². The second-order valence-corrected chi connectivity index (χ2v) is 10.2. The molecule has 3 heteroatoms. The fraction of sp³-hybridized carbons (Fsp3) is 0.357. The predicted octanol–water partition coefficient (Wildman–Crippen LogP) is 4.93. The van der Waals surface area contributed by atoms with Gasteiger partial charge in [0.25, 0.3) is 0 Å². The summed E-state index contributed by atoms with van der Waals surface area (Å²) >= 11 is 0. The lowest BCUT2D eigenvalue weighted by atomic mass is 9.78. The third-order valence-corrected chi connectivity index (χ3v) is 7.47. The number of aryl methyl sites for hydroxylation is 1. The average Bonchev–Trinajstić information content (AvgIpc) is 2.78. The van der Waals surface area contributed by atoms with Gasteiger partial charge in [-0.25, -0.2) is 0 Å². The SMILES string of the molecule is CCCOCC(CO[SiH2]c1cccc(C)c1C)(Cc1ccccc1)Cc1ccccc1. The first-order valence-corrected chi connectivity index (χ1v) is 12.7. The van der Waals surface area contributed by atoms with Crippen LogP contribution in [0.1, 0.15) is 35.6 Å². The fourth-order valence-corrected chi connectivity index (χ4v) is 5.63. The van der Waals surface area contributed by atoms with Crippen molar-refractivity contribution in [2.75, 3.05) is 19.8 Å². The third kappa shape index (κ3) is 7.17. The van der Waals surface area contributed by atoms with Crippen LogP contribution in [0.4, 0.5) is 0 Å². The Labute approximate surface area is 190 Å². The van der Waals surface area contributed by atoms with E-state index < -0.39 is 9.76 Å². The van der Waals surface area contributed by atoms with Crippen LogP contribution in [0.25, 0.3) is 0 Å². The van der Waals surface area contributed by atoms with Gasteiger partial charge in [-0.1, -0.05) is 85.8 Å². The highest BCUT2D eigenvalue weighted by atomic mass is 28.2. The summed E-state index contributed by atoms with van der Waals surface area (Å²) in [7, 11) is -0.804. The lowest BCUT2D eigenvalue weighted by Gasteiger charge is -2.34. The Morgan fingerprint density at radius 2 is 1.35 bits per heavy atom. The van der Waals surface area contributed by atoms with Gasteiger partial charge < -0.3 is 9.16 Å². The van der Waals surface area contributed by atoms with Crippen LogP contribution in [0.5, 0.6) is 0 Å². The molecular weight excluding hydrogens is 396 g/mol. The van der Waals surface area contributed by atoms with E-state index in [1.165, 1.54) is 27.4 Å². The van der Waals surface area contributed by atoms with E-state index in [2.05, 4.69) is 99.6 Å². The molecule has 0 radical (unpaired) electrons. The van der Waals surface area contributed by atoms with Gasteiger partial charge in [-0.15, -0.1) is 0 Å². The number of ether oxygens (including phenoxy) is 1. The summed E-state index contributed by atoms with van der Waals surface area (Å²) < 4.78 is 12.7. The number of benzene rings is 3. The maximum atomic E-state index is 6.56. The number of hydrogen-bond acceptors (Lipinski definition) is 2. The summed E-state index contributed by atoms with van der Waals surface area (Å²) in [6.45, 7) is 8.79. The van der Waals surface area contributed by atoms with Crippen molar-refractivity contribution in [3.63, 3.8) is 0 Å². The van der Waals surface area contributed by atoms with Crippen LogP contribution in [0.2, 0.25) is 0 Å². The number of hydrogen-bond donors (Lipinski definition) is 0. The van der Waals surface area contributed by atoms with Gasteiger partial charge in [0.15, 0.2) is 9.76 Å². The molecule has 0 aromatic heterocycles. The Morgan fingerprint density at radius 1 is 0.742 bits per heavy atom. The maximum absolute atomic E-state index is 6.56. The topological polar surface area (TPSA) is 18.5 Å². The summed E-state index contributed by atoms with van der Waals surface area (Å²) in [6, 6.07) is 28.1. The van der Waals surface area contributed by atoms with Gasteiger partial charge in [0.05, 0.1) is 6.61 Å². The zero-order chi connectivity index (χ0) is 21.9. The van der Waals surface area contributed by atoms with Crippen LogP contribution in [0.15, 0.2) is 78.9 Å². The molecule has 2 nitrogen and oxygen atoms in total. The summed E-state index contributed by atoms with van der Waals surface area (Å²) in [5.74, 6) is 0. The van der Waals surface area contributed by atoms with Gasteiger partial charge in [-0.3, -0.25) is 0 Å². The Kier molecular flexibility index (Phi) is 9.08. The van der Waals surface area contributed by atoms with Crippen molar-refractivity contribution >= 4 is 14.9 Å². The molecule has 0 atom stereocenters. The lowest BCUT2D eigenvalue weighted by molar-refractivity contribution is 0.0144. The van der Waals surface area contributed by atoms with Gasteiger partial charge >= 0.3 is 0 Å². The lowest BCUT2D eigenvalue weighted by Crippen LogP contribution is -2.39. The molecule has 0 aliphatic rings. The Hall–Kier alpha value is -2.20. The van der Waals surface area contributed by atoms with E-state index in [0.717, 1.165) is 32.5 Å². The zero-order valence-electron chi connectivity index (χ0n) is 19.3. The molecule has 0 aliphatic heterocycles. The summed E-state index contributed by atoms with van der Waals surface area (Å²) in [6.07, 6.45) is 2.94. The van der Waals surface area contributed by atoms with Crippen molar-refractivity contribution < 1.29 is 9.16 Å². The minimum Gasteiger partial charge on any atom is -0.418 e. The van der Waals surface area contributed by atoms with Gasteiger partial charge in [-0.05, 0) is 60.6 Å². The first kappa shape index (κ1) is 23.5.